The normalized spacial score (nSPS) is 26.5. The summed E-state index contributed by atoms with van der Waals surface area (Å²) in [6.45, 7) is 5.88. The molecule has 0 aromatic carbocycles. The fraction of sp³-hybridized carbons (Fsp3) is 0.667. The summed E-state index contributed by atoms with van der Waals surface area (Å²) in [4.78, 5) is 10.9. The summed E-state index contributed by atoms with van der Waals surface area (Å²) in [6.07, 6.45) is 3.77. The van der Waals surface area contributed by atoms with Gasteiger partial charge in [-0.25, -0.2) is 0 Å². The Bertz CT molecular complexity index is 156. The molecule has 56 valence electrons. The molecular weight excluding hydrogens is 124 g/mol. The molecule has 1 atom stereocenters. The number of ketones is 1. The van der Waals surface area contributed by atoms with Crippen LogP contribution in [0.2, 0.25) is 0 Å². The number of allylic oxidation sites excluding steroid dienone is 1. The zero-order valence-corrected chi connectivity index (χ0v) is 6.52. The van der Waals surface area contributed by atoms with E-state index in [2.05, 4.69) is 6.58 Å². The Hall–Kier alpha value is -0.590. The molecule has 0 aliphatic heterocycles. The summed E-state index contributed by atoms with van der Waals surface area (Å²) in [7, 11) is 0. The lowest BCUT2D eigenvalue weighted by atomic mass is 9.84. The van der Waals surface area contributed by atoms with E-state index in [9.17, 15) is 4.79 Å². The van der Waals surface area contributed by atoms with E-state index in [1.165, 1.54) is 12.0 Å². The molecule has 0 saturated heterocycles. The van der Waals surface area contributed by atoms with Gasteiger partial charge in [0.2, 0.25) is 0 Å². The summed E-state index contributed by atoms with van der Waals surface area (Å²) in [5.41, 5.74) is 1.17. The first-order valence-electron chi connectivity index (χ1n) is 3.87. The summed E-state index contributed by atoms with van der Waals surface area (Å²) in [5, 5.41) is 0. The lowest BCUT2D eigenvalue weighted by Gasteiger charge is -2.20. The average molecular weight is 138 g/mol. The molecule has 1 fully saturated rings. The summed E-state index contributed by atoms with van der Waals surface area (Å²) in [6, 6.07) is 0. The van der Waals surface area contributed by atoms with Crippen molar-refractivity contribution in [2.24, 2.45) is 5.92 Å². The number of Topliss-reactive ketones (excluding diaryl/α,β-unsaturated/α-hetero) is 1. The van der Waals surface area contributed by atoms with Gasteiger partial charge in [-0.15, -0.1) is 0 Å². The highest BCUT2D eigenvalue weighted by Gasteiger charge is 2.19. The van der Waals surface area contributed by atoms with Crippen molar-refractivity contribution >= 4 is 5.78 Å². The van der Waals surface area contributed by atoms with Gasteiger partial charge in [0.15, 0.2) is 0 Å². The lowest BCUT2D eigenvalue weighted by Crippen LogP contribution is -2.15. The molecule has 0 unspecified atom stereocenters. The third-order valence-corrected chi connectivity index (χ3v) is 2.18. The van der Waals surface area contributed by atoms with Gasteiger partial charge in [0, 0.05) is 12.8 Å². The molecule has 0 N–H and O–H groups in total. The molecule has 1 saturated carbocycles. The standard InChI is InChI=1S/C9H14O/c1-7(2)8-4-3-5-9(10)6-8/h8H,1,3-6H2,2H3/t8-/m1/s1. The molecule has 1 aliphatic rings. The fourth-order valence-corrected chi connectivity index (χ4v) is 1.45. The molecule has 0 aromatic heterocycles. The van der Waals surface area contributed by atoms with Crippen molar-refractivity contribution in [3.63, 3.8) is 0 Å². The minimum absolute atomic E-state index is 0.416. The highest BCUT2D eigenvalue weighted by atomic mass is 16.1. The first kappa shape index (κ1) is 7.52. The molecule has 0 aromatic rings. The first-order valence-corrected chi connectivity index (χ1v) is 3.87. The van der Waals surface area contributed by atoms with Crippen LogP contribution in [0.5, 0.6) is 0 Å². The predicted octanol–water partition coefficient (Wildman–Crippen LogP) is 2.32. The van der Waals surface area contributed by atoms with Crippen LogP contribution in [0.1, 0.15) is 32.6 Å². The van der Waals surface area contributed by atoms with E-state index in [4.69, 9.17) is 0 Å². The van der Waals surface area contributed by atoms with Crippen LogP contribution >= 0.6 is 0 Å². The van der Waals surface area contributed by atoms with Crippen LogP contribution in [-0.2, 0) is 4.79 Å². The van der Waals surface area contributed by atoms with Crippen molar-refractivity contribution in [3.05, 3.63) is 12.2 Å². The number of rotatable bonds is 1. The molecule has 1 heteroatoms. The maximum atomic E-state index is 10.9. The van der Waals surface area contributed by atoms with Gasteiger partial charge in [-0.05, 0) is 25.7 Å². The van der Waals surface area contributed by atoms with Crippen molar-refractivity contribution in [2.75, 3.05) is 0 Å². The van der Waals surface area contributed by atoms with Gasteiger partial charge < -0.3 is 0 Å². The molecule has 0 spiro atoms. The molecular formula is C9H14O. The average Bonchev–Trinajstić information content (AvgIpc) is 1.88. The zero-order chi connectivity index (χ0) is 7.56. The van der Waals surface area contributed by atoms with Crippen LogP contribution in [0.4, 0.5) is 0 Å². The highest BCUT2D eigenvalue weighted by Crippen LogP contribution is 2.26. The Kier molecular flexibility index (Phi) is 2.25. The van der Waals surface area contributed by atoms with E-state index >= 15 is 0 Å². The van der Waals surface area contributed by atoms with E-state index in [1.807, 2.05) is 6.92 Å². The Morgan fingerprint density at radius 2 is 2.40 bits per heavy atom. The van der Waals surface area contributed by atoms with Crippen LogP contribution < -0.4 is 0 Å². The second kappa shape index (κ2) is 3.00. The third-order valence-electron chi connectivity index (χ3n) is 2.18. The topological polar surface area (TPSA) is 17.1 Å². The van der Waals surface area contributed by atoms with E-state index in [-0.39, 0.29) is 0 Å². The van der Waals surface area contributed by atoms with E-state index in [0.717, 1.165) is 19.3 Å². The Balaban J connectivity index is 2.47. The van der Waals surface area contributed by atoms with Crippen LogP contribution in [0.3, 0.4) is 0 Å². The smallest absolute Gasteiger partial charge is 0.133 e. The molecule has 1 aliphatic carbocycles. The van der Waals surface area contributed by atoms with E-state index in [1.54, 1.807) is 0 Å². The van der Waals surface area contributed by atoms with Crippen molar-refractivity contribution in [1.82, 2.24) is 0 Å². The fourth-order valence-electron chi connectivity index (χ4n) is 1.45. The van der Waals surface area contributed by atoms with Crippen LogP contribution in [-0.4, -0.2) is 5.78 Å². The van der Waals surface area contributed by atoms with Gasteiger partial charge in [-0.2, -0.15) is 0 Å². The first-order chi connectivity index (χ1) is 4.70. The molecule has 0 radical (unpaired) electrons. The van der Waals surface area contributed by atoms with Gasteiger partial charge >= 0.3 is 0 Å². The van der Waals surface area contributed by atoms with Gasteiger partial charge in [-0.1, -0.05) is 12.2 Å². The quantitative estimate of drug-likeness (QED) is 0.508. The van der Waals surface area contributed by atoms with Gasteiger partial charge in [-0.3, -0.25) is 4.79 Å². The zero-order valence-electron chi connectivity index (χ0n) is 6.52. The third kappa shape index (κ3) is 1.69. The van der Waals surface area contributed by atoms with Crippen LogP contribution in [0.25, 0.3) is 0 Å². The van der Waals surface area contributed by atoms with Crippen molar-refractivity contribution in [2.45, 2.75) is 32.6 Å². The second-order valence-corrected chi connectivity index (χ2v) is 3.18. The maximum absolute atomic E-state index is 10.9. The molecule has 1 nitrogen and oxygen atoms in total. The monoisotopic (exact) mass is 138 g/mol. The number of carbonyl (C=O) groups excluding carboxylic acids is 1. The van der Waals surface area contributed by atoms with Crippen molar-refractivity contribution in [1.29, 1.82) is 0 Å². The van der Waals surface area contributed by atoms with E-state index in [0.29, 0.717) is 11.7 Å². The Morgan fingerprint density at radius 3 is 2.80 bits per heavy atom. The van der Waals surface area contributed by atoms with Crippen LogP contribution in [0.15, 0.2) is 12.2 Å². The van der Waals surface area contributed by atoms with Crippen molar-refractivity contribution in [3.8, 4) is 0 Å². The second-order valence-electron chi connectivity index (χ2n) is 3.18. The molecule has 0 heterocycles. The number of hydrogen-bond donors (Lipinski definition) is 0. The summed E-state index contributed by atoms with van der Waals surface area (Å²) in [5.74, 6) is 0.903. The van der Waals surface area contributed by atoms with Crippen molar-refractivity contribution < 1.29 is 4.79 Å². The van der Waals surface area contributed by atoms with Gasteiger partial charge in [0.1, 0.15) is 5.78 Å². The predicted molar refractivity (Wildman–Crippen MR) is 41.8 cm³/mol. The molecule has 10 heavy (non-hydrogen) atoms. The van der Waals surface area contributed by atoms with Crippen LogP contribution in [0, 0.1) is 5.92 Å². The highest BCUT2D eigenvalue weighted by molar-refractivity contribution is 5.79. The SMILES string of the molecule is C=C(C)[C@@H]1CCCC(=O)C1. The molecule has 1 rings (SSSR count). The minimum Gasteiger partial charge on any atom is -0.300 e. The Labute approximate surface area is 62.1 Å². The summed E-state index contributed by atoms with van der Waals surface area (Å²) >= 11 is 0. The largest absolute Gasteiger partial charge is 0.300 e. The Morgan fingerprint density at radius 1 is 1.70 bits per heavy atom. The summed E-state index contributed by atoms with van der Waals surface area (Å²) < 4.78 is 0. The lowest BCUT2D eigenvalue weighted by molar-refractivity contribution is -0.121. The molecule has 0 amide bonds. The molecule has 0 bridgehead atoms. The minimum atomic E-state index is 0.416. The van der Waals surface area contributed by atoms with Gasteiger partial charge in [0.05, 0.1) is 0 Å². The maximum Gasteiger partial charge on any atom is 0.133 e. The number of hydrogen-bond acceptors (Lipinski definition) is 1. The van der Waals surface area contributed by atoms with E-state index < -0.39 is 0 Å². The number of carbonyl (C=O) groups is 1. The van der Waals surface area contributed by atoms with Gasteiger partial charge in [0.25, 0.3) is 0 Å².